The number of nitrogens with zero attached hydrogens (tertiary/aromatic N) is 2. The molecule has 0 spiro atoms. The van der Waals surface area contributed by atoms with E-state index in [2.05, 4.69) is 15.3 Å². The number of halogens is 1. The van der Waals surface area contributed by atoms with E-state index >= 15 is 0 Å². The first-order valence-corrected chi connectivity index (χ1v) is 6.46. The fourth-order valence-corrected chi connectivity index (χ4v) is 3.17. The normalized spacial score (nSPS) is 23.7. The topological polar surface area (TPSA) is 54.9 Å². The van der Waals surface area contributed by atoms with Crippen molar-refractivity contribution in [1.82, 2.24) is 15.3 Å². The zero-order valence-electron chi connectivity index (χ0n) is 8.15. The second kappa shape index (κ2) is 5.01. The van der Waals surface area contributed by atoms with Crippen LogP contribution >= 0.6 is 11.6 Å². The van der Waals surface area contributed by atoms with Gasteiger partial charge in [0.1, 0.15) is 5.03 Å². The van der Waals surface area contributed by atoms with E-state index in [1.54, 1.807) is 12.3 Å². The highest BCUT2D eigenvalue weighted by Gasteiger charge is 2.21. The van der Waals surface area contributed by atoms with E-state index in [1.807, 2.05) is 0 Å². The van der Waals surface area contributed by atoms with E-state index in [9.17, 15) is 4.21 Å². The Morgan fingerprint density at radius 1 is 1.60 bits per heavy atom. The second-order valence-electron chi connectivity index (χ2n) is 3.43. The molecule has 0 aromatic carbocycles. The van der Waals surface area contributed by atoms with Crippen LogP contribution in [0, 0.1) is 0 Å². The van der Waals surface area contributed by atoms with Gasteiger partial charge in [0, 0.05) is 12.7 Å². The van der Waals surface area contributed by atoms with Crippen LogP contribution in [0.25, 0.3) is 0 Å². The Kier molecular flexibility index (Phi) is 3.66. The van der Waals surface area contributed by atoms with Crippen molar-refractivity contribution in [1.29, 1.82) is 0 Å². The maximum Gasteiger partial charge on any atom is 0.223 e. The summed E-state index contributed by atoms with van der Waals surface area (Å²) in [6, 6.07) is 1.66. The standard InChI is InChI=1S/C9H12ClN3OS/c10-9-12-5-3-8(13-9)15(14)7-2-1-4-11-6-7/h3,5,7,11H,1-2,4,6H2. The number of hydrogen-bond donors (Lipinski definition) is 1. The molecule has 1 aliphatic rings. The fraction of sp³-hybridized carbons (Fsp3) is 0.556. The van der Waals surface area contributed by atoms with Gasteiger partial charge in [0.2, 0.25) is 5.28 Å². The van der Waals surface area contributed by atoms with E-state index in [0.717, 1.165) is 25.9 Å². The van der Waals surface area contributed by atoms with Crippen LogP contribution in [0.3, 0.4) is 0 Å². The summed E-state index contributed by atoms with van der Waals surface area (Å²) in [5.74, 6) is 0. The smallest absolute Gasteiger partial charge is 0.223 e. The molecular formula is C9H12ClN3OS. The van der Waals surface area contributed by atoms with Crippen LogP contribution < -0.4 is 5.32 Å². The highest BCUT2D eigenvalue weighted by atomic mass is 35.5. The Morgan fingerprint density at radius 2 is 2.47 bits per heavy atom. The maximum absolute atomic E-state index is 12.1. The lowest BCUT2D eigenvalue weighted by atomic mass is 10.2. The van der Waals surface area contributed by atoms with E-state index in [0.29, 0.717) is 5.03 Å². The molecule has 82 valence electrons. The van der Waals surface area contributed by atoms with E-state index < -0.39 is 10.8 Å². The molecule has 0 saturated carbocycles. The van der Waals surface area contributed by atoms with Gasteiger partial charge in [-0.25, -0.2) is 9.97 Å². The van der Waals surface area contributed by atoms with Crippen molar-refractivity contribution in [2.75, 3.05) is 13.1 Å². The largest absolute Gasteiger partial charge is 0.316 e. The Balaban J connectivity index is 2.12. The molecule has 1 aliphatic heterocycles. The molecule has 2 rings (SSSR count). The van der Waals surface area contributed by atoms with Gasteiger partial charge in [0.25, 0.3) is 0 Å². The minimum Gasteiger partial charge on any atom is -0.316 e. The predicted octanol–water partition coefficient (Wildman–Crippen LogP) is 0.990. The molecule has 0 bridgehead atoms. The van der Waals surface area contributed by atoms with Gasteiger partial charge in [0.15, 0.2) is 0 Å². The summed E-state index contributed by atoms with van der Waals surface area (Å²) in [4.78, 5) is 7.75. The van der Waals surface area contributed by atoms with Gasteiger partial charge in [-0.3, -0.25) is 4.21 Å². The molecule has 0 aliphatic carbocycles. The first-order chi connectivity index (χ1) is 7.27. The number of rotatable bonds is 2. The molecule has 1 fully saturated rings. The summed E-state index contributed by atoms with van der Waals surface area (Å²) in [5.41, 5.74) is 0. The second-order valence-corrected chi connectivity index (χ2v) is 5.45. The minimum absolute atomic E-state index is 0.143. The SMILES string of the molecule is O=S(c1ccnc(Cl)n1)C1CCCNC1. The summed E-state index contributed by atoms with van der Waals surface area (Å²) in [7, 11) is -1.08. The van der Waals surface area contributed by atoms with Crippen molar-refractivity contribution in [3.63, 3.8) is 0 Å². The first kappa shape index (κ1) is 11.0. The first-order valence-electron chi connectivity index (χ1n) is 4.87. The van der Waals surface area contributed by atoms with Crippen LogP contribution in [0.1, 0.15) is 12.8 Å². The zero-order chi connectivity index (χ0) is 10.7. The van der Waals surface area contributed by atoms with Crippen LogP contribution in [0.5, 0.6) is 0 Å². The number of hydrogen-bond acceptors (Lipinski definition) is 4. The van der Waals surface area contributed by atoms with Crippen LogP contribution in [-0.4, -0.2) is 32.5 Å². The molecule has 2 atom stereocenters. The number of nitrogens with one attached hydrogen (secondary N) is 1. The Morgan fingerprint density at radius 3 is 3.13 bits per heavy atom. The maximum atomic E-state index is 12.1. The van der Waals surface area contributed by atoms with Crippen LogP contribution in [0.2, 0.25) is 5.28 Å². The third kappa shape index (κ3) is 2.74. The molecule has 0 amide bonds. The summed E-state index contributed by atoms with van der Waals surface area (Å²) in [6.07, 6.45) is 3.58. The van der Waals surface area contributed by atoms with Gasteiger partial charge in [-0.1, -0.05) is 0 Å². The Bertz CT molecular complexity index is 368. The van der Waals surface area contributed by atoms with E-state index in [1.165, 1.54) is 0 Å². The Hall–Kier alpha value is -0.520. The average molecular weight is 246 g/mol. The van der Waals surface area contributed by atoms with Crippen molar-refractivity contribution >= 4 is 22.4 Å². The summed E-state index contributed by atoms with van der Waals surface area (Å²) in [6.45, 7) is 1.80. The van der Waals surface area contributed by atoms with Crippen molar-refractivity contribution < 1.29 is 4.21 Å². The van der Waals surface area contributed by atoms with Crippen molar-refractivity contribution in [2.45, 2.75) is 23.1 Å². The lowest BCUT2D eigenvalue weighted by Gasteiger charge is -2.21. The predicted molar refractivity (Wildman–Crippen MR) is 59.3 cm³/mol. The molecule has 15 heavy (non-hydrogen) atoms. The fourth-order valence-electron chi connectivity index (χ4n) is 1.60. The molecule has 2 unspecified atom stereocenters. The molecule has 6 heteroatoms. The molecule has 0 radical (unpaired) electrons. The van der Waals surface area contributed by atoms with Gasteiger partial charge in [-0.05, 0) is 37.1 Å². The van der Waals surface area contributed by atoms with Gasteiger partial charge in [0.05, 0.1) is 16.0 Å². The molecule has 1 aromatic rings. The highest BCUT2D eigenvalue weighted by Crippen LogP contribution is 2.15. The van der Waals surface area contributed by atoms with Gasteiger partial charge in [-0.2, -0.15) is 0 Å². The molecule has 4 nitrogen and oxygen atoms in total. The van der Waals surface area contributed by atoms with Crippen molar-refractivity contribution in [3.8, 4) is 0 Å². The summed E-state index contributed by atoms with van der Waals surface area (Å²) in [5, 5.41) is 4.06. The Labute approximate surface area is 95.9 Å². The minimum atomic E-state index is -1.08. The van der Waals surface area contributed by atoms with Gasteiger partial charge in [-0.15, -0.1) is 0 Å². The van der Waals surface area contributed by atoms with Crippen LogP contribution in [-0.2, 0) is 10.8 Å². The third-order valence-electron chi connectivity index (χ3n) is 2.36. The molecule has 1 aromatic heterocycles. The summed E-state index contributed by atoms with van der Waals surface area (Å²) < 4.78 is 12.1. The monoisotopic (exact) mass is 245 g/mol. The van der Waals surface area contributed by atoms with Crippen molar-refractivity contribution in [2.24, 2.45) is 0 Å². The van der Waals surface area contributed by atoms with Crippen molar-refractivity contribution in [3.05, 3.63) is 17.5 Å². The average Bonchev–Trinajstić information content (AvgIpc) is 2.29. The number of aromatic nitrogens is 2. The summed E-state index contributed by atoms with van der Waals surface area (Å²) >= 11 is 5.66. The van der Waals surface area contributed by atoms with E-state index in [-0.39, 0.29) is 10.5 Å². The quantitative estimate of drug-likeness (QED) is 0.624. The third-order valence-corrected chi connectivity index (χ3v) is 4.19. The number of piperidine rings is 1. The molecule has 2 heterocycles. The molecule has 1 saturated heterocycles. The van der Waals surface area contributed by atoms with E-state index in [4.69, 9.17) is 11.6 Å². The molecule has 1 N–H and O–H groups in total. The van der Waals surface area contributed by atoms with Crippen LogP contribution in [0.15, 0.2) is 17.3 Å². The molecular weight excluding hydrogens is 234 g/mol. The lowest BCUT2D eigenvalue weighted by Crippen LogP contribution is -2.36. The van der Waals surface area contributed by atoms with Gasteiger partial charge < -0.3 is 5.32 Å². The van der Waals surface area contributed by atoms with Gasteiger partial charge >= 0.3 is 0 Å². The lowest BCUT2D eigenvalue weighted by molar-refractivity contribution is 0.519. The highest BCUT2D eigenvalue weighted by molar-refractivity contribution is 7.85. The van der Waals surface area contributed by atoms with Crippen LogP contribution in [0.4, 0.5) is 0 Å². The zero-order valence-corrected chi connectivity index (χ0v) is 9.72.